The number of nitrogens with zero attached hydrogens (tertiary/aromatic N) is 2. The van der Waals surface area contributed by atoms with E-state index in [4.69, 9.17) is 21.2 Å². The van der Waals surface area contributed by atoms with Gasteiger partial charge in [0.25, 0.3) is 5.91 Å². The molecule has 12 nitrogen and oxygen atoms in total. The molecule has 1 aromatic rings. The van der Waals surface area contributed by atoms with Crippen LogP contribution in [0.15, 0.2) is 29.4 Å². The van der Waals surface area contributed by atoms with Gasteiger partial charge in [-0.25, -0.2) is 0 Å². The second-order valence-corrected chi connectivity index (χ2v) is 15.0. The van der Waals surface area contributed by atoms with Crippen LogP contribution in [0.4, 0.5) is 0 Å². The number of oxime groups is 1. The number of likely N-dealkylation sites (tertiary alicyclic amines) is 1. The van der Waals surface area contributed by atoms with Gasteiger partial charge in [0.15, 0.2) is 5.60 Å². The molecule has 13 heteroatoms. The van der Waals surface area contributed by atoms with Gasteiger partial charge in [-0.1, -0.05) is 69.9 Å². The van der Waals surface area contributed by atoms with Gasteiger partial charge in [-0.2, -0.15) is 0 Å². The molecule has 3 heterocycles. The minimum atomic E-state index is -1.05. The first-order valence-electron chi connectivity index (χ1n) is 16.6. The molecular formula is C34H46ClN5O7. The number of ketones is 1. The normalized spacial score (nSPS) is 24.4. The third-order valence-corrected chi connectivity index (χ3v) is 9.87. The van der Waals surface area contributed by atoms with E-state index >= 15 is 0 Å². The second kappa shape index (κ2) is 13.5. The van der Waals surface area contributed by atoms with Gasteiger partial charge in [-0.3, -0.25) is 24.0 Å². The number of Topliss-reactive ketones (excluding diaryl/α,β-unsaturated/α-hetero) is 1. The number of ether oxygens (including phenoxy) is 1. The highest BCUT2D eigenvalue weighted by Gasteiger charge is 2.56. The second-order valence-electron chi connectivity index (χ2n) is 14.5. The van der Waals surface area contributed by atoms with E-state index in [0.29, 0.717) is 30.0 Å². The van der Waals surface area contributed by atoms with E-state index in [1.165, 1.54) is 4.90 Å². The number of carbonyl (C=O) groups excluding carboxylic acids is 5. The molecular weight excluding hydrogens is 626 g/mol. The summed E-state index contributed by atoms with van der Waals surface area (Å²) < 4.78 is 5.36. The lowest BCUT2D eigenvalue weighted by atomic mass is 9.80. The van der Waals surface area contributed by atoms with Gasteiger partial charge in [-0.05, 0) is 43.2 Å². The Morgan fingerprint density at radius 3 is 2.40 bits per heavy atom. The first-order valence-corrected chi connectivity index (χ1v) is 16.9. The zero-order chi connectivity index (χ0) is 34.1. The van der Waals surface area contributed by atoms with Crippen LogP contribution < -0.4 is 16.0 Å². The van der Waals surface area contributed by atoms with Crippen molar-refractivity contribution in [3.8, 4) is 0 Å². The van der Waals surface area contributed by atoms with Crippen molar-refractivity contribution in [2.45, 2.75) is 109 Å². The Balaban J connectivity index is 1.41. The summed E-state index contributed by atoms with van der Waals surface area (Å²) in [5, 5.41) is 13.4. The molecule has 2 saturated heterocycles. The van der Waals surface area contributed by atoms with E-state index in [1.54, 1.807) is 12.1 Å². The van der Waals surface area contributed by atoms with E-state index in [1.807, 2.05) is 46.8 Å². The van der Waals surface area contributed by atoms with Gasteiger partial charge in [0, 0.05) is 29.5 Å². The number of hydrogen-bond acceptors (Lipinski definition) is 8. The Morgan fingerprint density at radius 2 is 1.83 bits per heavy atom. The predicted molar refractivity (Wildman–Crippen MR) is 174 cm³/mol. The van der Waals surface area contributed by atoms with E-state index in [2.05, 4.69) is 21.1 Å². The molecule has 0 radical (unpaired) electrons. The number of carbonyl (C=O) groups is 5. The molecule has 4 aliphatic rings. The van der Waals surface area contributed by atoms with Crippen molar-refractivity contribution in [1.82, 2.24) is 20.9 Å². The Labute approximate surface area is 280 Å². The fourth-order valence-electron chi connectivity index (χ4n) is 6.36. The lowest BCUT2D eigenvalue weighted by Gasteiger charge is -2.42. The first-order chi connectivity index (χ1) is 22.2. The summed E-state index contributed by atoms with van der Waals surface area (Å²) in [4.78, 5) is 75.4. The maximum absolute atomic E-state index is 14.5. The Kier molecular flexibility index (Phi) is 10.0. The Morgan fingerprint density at radius 1 is 1.11 bits per heavy atom. The zero-order valence-electron chi connectivity index (χ0n) is 27.8. The SMILES string of the molecule is CCC[C@H](NC(=O)[C@@H]1C[C@]2(CC(c3cccc(Cl)c3)=NO2)CN1C(=O)[C@@H](NC(=O)C1(CC)COC1)C(C)(C)C)C(=O)C(=O)NC1CC1. The van der Waals surface area contributed by atoms with E-state index in [0.717, 1.165) is 18.4 Å². The number of hydrogen-bond donors (Lipinski definition) is 3. The van der Waals surface area contributed by atoms with Crippen molar-refractivity contribution in [1.29, 1.82) is 0 Å². The monoisotopic (exact) mass is 671 g/mol. The molecule has 0 bridgehead atoms. The van der Waals surface area contributed by atoms with E-state index in [-0.39, 0.29) is 44.5 Å². The quantitative estimate of drug-likeness (QED) is 0.289. The molecule has 3 aliphatic heterocycles. The largest absolute Gasteiger partial charge is 0.387 e. The van der Waals surface area contributed by atoms with Crippen LogP contribution in [0.3, 0.4) is 0 Å². The minimum Gasteiger partial charge on any atom is -0.387 e. The molecule has 3 N–H and O–H groups in total. The van der Waals surface area contributed by atoms with E-state index in [9.17, 15) is 24.0 Å². The number of nitrogens with one attached hydrogen (secondary N) is 3. The average molecular weight is 672 g/mol. The number of amides is 4. The minimum absolute atomic E-state index is 0.0108. The molecule has 1 saturated carbocycles. The molecule has 1 aliphatic carbocycles. The van der Waals surface area contributed by atoms with Crippen LogP contribution in [0.2, 0.25) is 5.02 Å². The first kappa shape index (κ1) is 34.8. The summed E-state index contributed by atoms with van der Waals surface area (Å²) in [6.45, 7) is 9.91. The molecule has 4 atom stereocenters. The van der Waals surface area contributed by atoms with Crippen LogP contribution in [0.25, 0.3) is 0 Å². The van der Waals surface area contributed by atoms with Gasteiger partial charge < -0.3 is 30.4 Å². The van der Waals surface area contributed by atoms with Crippen LogP contribution in [-0.4, -0.2) is 89.6 Å². The molecule has 3 fully saturated rings. The summed E-state index contributed by atoms with van der Waals surface area (Å²) in [6, 6.07) is 4.11. The summed E-state index contributed by atoms with van der Waals surface area (Å²) in [7, 11) is 0. The average Bonchev–Trinajstić information content (AvgIpc) is 3.59. The van der Waals surface area contributed by atoms with Crippen molar-refractivity contribution < 1.29 is 33.5 Å². The van der Waals surface area contributed by atoms with Gasteiger partial charge in [0.1, 0.15) is 12.1 Å². The van der Waals surface area contributed by atoms with Crippen molar-refractivity contribution in [2.75, 3.05) is 19.8 Å². The number of benzene rings is 1. The summed E-state index contributed by atoms with van der Waals surface area (Å²) in [5.74, 6) is -2.72. The van der Waals surface area contributed by atoms with Crippen LogP contribution in [-0.2, 0) is 33.5 Å². The highest BCUT2D eigenvalue weighted by atomic mass is 35.5. The standard InChI is InChI=1S/C34H46ClN5O7/c1-6-9-23(26(41)29(43)36-22-12-13-22)37-28(42)25-16-34(15-24(39-47-34)20-10-8-11-21(35)14-20)17-40(25)30(44)27(32(3,4)5)38-31(45)33(7-2)18-46-19-33/h8,10-11,14,22-23,25,27H,6-7,9,12-13,15-19H2,1-5H3,(H,36,43)(H,37,42)(H,38,45)/t23-,25-,27+,34+/m0/s1. The summed E-state index contributed by atoms with van der Waals surface area (Å²) >= 11 is 6.23. The number of halogens is 1. The van der Waals surface area contributed by atoms with Gasteiger partial charge in [-0.15, -0.1) is 0 Å². The van der Waals surface area contributed by atoms with Crippen LogP contribution in [0, 0.1) is 10.8 Å². The Hall–Kier alpha value is -3.51. The topological polar surface area (TPSA) is 156 Å². The molecule has 5 rings (SSSR count). The molecule has 1 aromatic carbocycles. The number of rotatable bonds is 12. The molecule has 256 valence electrons. The fraction of sp³-hybridized carbons (Fsp3) is 0.647. The summed E-state index contributed by atoms with van der Waals surface area (Å²) in [5.41, 5.74) is -1.06. The van der Waals surface area contributed by atoms with Crippen molar-refractivity contribution >= 4 is 46.7 Å². The predicted octanol–water partition coefficient (Wildman–Crippen LogP) is 2.89. The Bertz CT molecular complexity index is 1440. The van der Waals surface area contributed by atoms with Crippen molar-refractivity contribution in [2.24, 2.45) is 16.0 Å². The zero-order valence-corrected chi connectivity index (χ0v) is 28.6. The highest BCUT2D eigenvalue weighted by Crippen LogP contribution is 2.40. The van der Waals surface area contributed by atoms with Crippen LogP contribution in [0.1, 0.15) is 85.1 Å². The maximum Gasteiger partial charge on any atom is 0.289 e. The summed E-state index contributed by atoms with van der Waals surface area (Å²) in [6.07, 6.45) is 3.41. The van der Waals surface area contributed by atoms with Crippen LogP contribution >= 0.6 is 11.6 Å². The maximum atomic E-state index is 14.5. The lowest BCUT2D eigenvalue weighted by molar-refractivity contribution is -0.165. The van der Waals surface area contributed by atoms with Gasteiger partial charge >= 0.3 is 0 Å². The fourth-order valence-corrected chi connectivity index (χ4v) is 6.55. The van der Waals surface area contributed by atoms with Gasteiger partial charge in [0.2, 0.25) is 23.5 Å². The van der Waals surface area contributed by atoms with Crippen molar-refractivity contribution in [3.05, 3.63) is 34.9 Å². The molecule has 47 heavy (non-hydrogen) atoms. The molecule has 1 spiro atoms. The van der Waals surface area contributed by atoms with Crippen molar-refractivity contribution in [3.63, 3.8) is 0 Å². The van der Waals surface area contributed by atoms with Gasteiger partial charge in [0.05, 0.1) is 36.9 Å². The smallest absolute Gasteiger partial charge is 0.289 e. The molecule has 0 aromatic heterocycles. The third kappa shape index (κ3) is 7.48. The third-order valence-electron chi connectivity index (χ3n) is 9.63. The lowest BCUT2D eigenvalue weighted by Crippen LogP contribution is -2.63. The van der Waals surface area contributed by atoms with Crippen LogP contribution in [0.5, 0.6) is 0 Å². The molecule has 4 amide bonds. The molecule has 0 unspecified atom stereocenters. The van der Waals surface area contributed by atoms with E-state index < -0.39 is 58.1 Å². The highest BCUT2D eigenvalue weighted by molar-refractivity contribution is 6.38.